The molecule has 3 aromatic carbocycles. The fourth-order valence-corrected chi connectivity index (χ4v) is 4.36. The highest BCUT2D eigenvalue weighted by Gasteiger charge is 2.23. The van der Waals surface area contributed by atoms with Crippen molar-refractivity contribution in [3.63, 3.8) is 0 Å². The van der Waals surface area contributed by atoms with E-state index in [4.69, 9.17) is 9.72 Å². The zero-order valence-electron chi connectivity index (χ0n) is 16.3. The second kappa shape index (κ2) is 5.82. The number of aromatic nitrogens is 1. The van der Waals surface area contributed by atoms with Gasteiger partial charge in [-0.05, 0) is 77.7 Å². The van der Waals surface area contributed by atoms with Crippen LogP contribution in [0.1, 0.15) is 30.5 Å². The fraction of sp³-hybridized carbons (Fsp3) is 0.240. The largest absolute Gasteiger partial charge is 0.456 e. The van der Waals surface area contributed by atoms with Crippen LogP contribution in [0.15, 0.2) is 48.7 Å². The topological polar surface area (TPSA) is 22.1 Å². The first-order valence-electron chi connectivity index (χ1n) is 9.64. The number of fused-ring (bicyclic) bond motifs is 3. The van der Waals surface area contributed by atoms with Gasteiger partial charge in [0.25, 0.3) is 0 Å². The molecule has 134 valence electrons. The standard InChI is InChI=1S/C25H23NO/c1-14(2)7-17-10-18-5-6-26-25-21-12-19-9-15(3)8-16(4)20(19)13-22(21)27-23(11-17)24(18)25/h5-6,8-14H,7H2,1-4H3. The molecule has 0 saturated heterocycles. The summed E-state index contributed by atoms with van der Waals surface area (Å²) in [4.78, 5) is 4.74. The van der Waals surface area contributed by atoms with E-state index in [0.29, 0.717) is 5.92 Å². The lowest BCUT2D eigenvalue weighted by molar-refractivity contribution is 0.486. The molecule has 0 aliphatic carbocycles. The van der Waals surface area contributed by atoms with E-state index in [0.717, 1.165) is 34.6 Å². The number of pyridine rings is 1. The van der Waals surface area contributed by atoms with E-state index in [1.165, 1.54) is 32.8 Å². The van der Waals surface area contributed by atoms with Gasteiger partial charge in [-0.25, -0.2) is 0 Å². The third-order valence-electron chi connectivity index (χ3n) is 5.41. The minimum Gasteiger partial charge on any atom is -0.456 e. The van der Waals surface area contributed by atoms with E-state index in [1.807, 2.05) is 6.20 Å². The lowest BCUT2D eigenvalue weighted by atomic mass is 9.93. The molecule has 2 heteroatoms. The molecule has 0 N–H and O–H groups in total. The number of rotatable bonds is 2. The van der Waals surface area contributed by atoms with Crippen molar-refractivity contribution in [1.29, 1.82) is 0 Å². The van der Waals surface area contributed by atoms with Gasteiger partial charge in [-0.3, -0.25) is 4.98 Å². The van der Waals surface area contributed by atoms with E-state index >= 15 is 0 Å². The van der Waals surface area contributed by atoms with Crippen molar-refractivity contribution in [2.45, 2.75) is 34.1 Å². The fourth-order valence-electron chi connectivity index (χ4n) is 4.36. The lowest BCUT2D eigenvalue weighted by Crippen LogP contribution is -2.02. The molecule has 1 aromatic heterocycles. The lowest BCUT2D eigenvalue weighted by Gasteiger charge is -2.22. The summed E-state index contributed by atoms with van der Waals surface area (Å²) in [7, 11) is 0. The molecule has 2 heterocycles. The molecule has 0 atom stereocenters. The van der Waals surface area contributed by atoms with E-state index in [2.05, 4.69) is 70.2 Å². The van der Waals surface area contributed by atoms with Crippen LogP contribution in [-0.4, -0.2) is 4.98 Å². The van der Waals surface area contributed by atoms with Gasteiger partial charge in [0.1, 0.15) is 11.5 Å². The maximum absolute atomic E-state index is 6.43. The average molecular weight is 353 g/mol. The highest BCUT2D eigenvalue weighted by molar-refractivity contribution is 6.05. The summed E-state index contributed by atoms with van der Waals surface area (Å²) in [5.74, 6) is 2.45. The van der Waals surface area contributed by atoms with E-state index in [-0.39, 0.29) is 0 Å². The van der Waals surface area contributed by atoms with Crippen LogP contribution in [0.3, 0.4) is 0 Å². The van der Waals surface area contributed by atoms with Crippen LogP contribution < -0.4 is 4.74 Å². The Bertz CT molecular complexity index is 1220. The average Bonchev–Trinajstić information content (AvgIpc) is 2.60. The Kier molecular flexibility index (Phi) is 3.51. The van der Waals surface area contributed by atoms with Crippen LogP contribution in [0.5, 0.6) is 11.5 Å². The van der Waals surface area contributed by atoms with Crippen LogP contribution in [0.4, 0.5) is 0 Å². The monoisotopic (exact) mass is 353 g/mol. The summed E-state index contributed by atoms with van der Waals surface area (Å²) in [6, 6.07) is 15.5. The Morgan fingerprint density at radius 1 is 0.926 bits per heavy atom. The van der Waals surface area contributed by atoms with Gasteiger partial charge in [0.2, 0.25) is 0 Å². The van der Waals surface area contributed by atoms with E-state index in [9.17, 15) is 0 Å². The van der Waals surface area contributed by atoms with Crippen LogP contribution in [0, 0.1) is 19.8 Å². The first kappa shape index (κ1) is 16.3. The van der Waals surface area contributed by atoms with Crippen molar-refractivity contribution in [3.05, 3.63) is 65.4 Å². The van der Waals surface area contributed by atoms with Gasteiger partial charge in [0.15, 0.2) is 0 Å². The minimum absolute atomic E-state index is 0.613. The van der Waals surface area contributed by atoms with Gasteiger partial charge in [-0.2, -0.15) is 0 Å². The Labute approximate surface area is 159 Å². The highest BCUT2D eigenvalue weighted by atomic mass is 16.5. The maximum Gasteiger partial charge on any atom is 0.137 e. The van der Waals surface area contributed by atoms with Crippen LogP contribution in [0.25, 0.3) is 32.8 Å². The van der Waals surface area contributed by atoms with Crippen molar-refractivity contribution >= 4 is 21.5 Å². The molecule has 27 heavy (non-hydrogen) atoms. The van der Waals surface area contributed by atoms with Crippen molar-refractivity contribution in [2.75, 3.05) is 0 Å². The van der Waals surface area contributed by atoms with Gasteiger partial charge in [-0.1, -0.05) is 37.6 Å². The summed E-state index contributed by atoms with van der Waals surface area (Å²) >= 11 is 0. The minimum atomic E-state index is 0.613. The zero-order valence-corrected chi connectivity index (χ0v) is 16.3. The predicted octanol–water partition coefficient (Wildman–Crippen LogP) is 6.98. The number of aryl methyl sites for hydroxylation is 2. The van der Waals surface area contributed by atoms with Crippen molar-refractivity contribution in [2.24, 2.45) is 5.92 Å². The molecule has 2 nitrogen and oxygen atoms in total. The smallest absolute Gasteiger partial charge is 0.137 e. The summed E-state index contributed by atoms with van der Waals surface area (Å²) in [5, 5.41) is 4.82. The number of hydrogen-bond donors (Lipinski definition) is 0. The molecule has 4 aromatic rings. The van der Waals surface area contributed by atoms with Gasteiger partial charge in [0.05, 0.1) is 11.1 Å². The molecular formula is C25H23NO. The van der Waals surface area contributed by atoms with Gasteiger partial charge < -0.3 is 4.74 Å². The molecule has 0 bridgehead atoms. The SMILES string of the molecule is Cc1cc(C)c2cc3c(cc2c1)-c1nccc2cc(CC(C)C)cc(c12)O3. The van der Waals surface area contributed by atoms with Crippen LogP contribution in [0.2, 0.25) is 0 Å². The number of hydrogen-bond acceptors (Lipinski definition) is 2. The number of benzene rings is 3. The summed E-state index contributed by atoms with van der Waals surface area (Å²) in [6.45, 7) is 8.81. The maximum atomic E-state index is 6.43. The summed E-state index contributed by atoms with van der Waals surface area (Å²) in [5.41, 5.74) is 5.99. The molecule has 1 aliphatic heterocycles. The second-order valence-corrected chi connectivity index (χ2v) is 8.20. The summed E-state index contributed by atoms with van der Waals surface area (Å²) in [6.07, 6.45) is 2.97. The molecule has 0 amide bonds. The molecule has 0 saturated carbocycles. The molecule has 0 radical (unpaired) electrons. The summed E-state index contributed by atoms with van der Waals surface area (Å²) < 4.78 is 6.43. The quantitative estimate of drug-likeness (QED) is 0.342. The third kappa shape index (κ3) is 2.59. The molecule has 0 fully saturated rings. The van der Waals surface area contributed by atoms with Gasteiger partial charge >= 0.3 is 0 Å². The Hall–Kier alpha value is -2.87. The van der Waals surface area contributed by atoms with Crippen molar-refractivity contribution < 1.29 is 4.74 Å². The number of ether oxygens (including phenoxy) is 1. The van der Waals surface area contributed by atoms with Gasteiger partial charge in [0, 0.05) is 11.8 Å². The second-order valence-electron chi connectivity index (χ2n) is 8.20. The number of nitrogens with zero attached hydrogens (tertiary/aromatic N) is 1. The normalized spacial score (nSPS) is 12.5. The van der Waals surface area contributed by atoms with Crippen molar-refractivity contribution in [3.8, 4) is 22.8 Å². The van der Waals surface area contributed by atoms with Crippen LogP contribution >= 0.6 is 0 Å². The third-order valence-corrected chi connectivity index (χ3v) is 5.41. The first-order chi connectivity index (χ1) is 13.0. The molecular weight excluding hydrogens is 330 g/mol. The molecule has 0 unspecified atom stereocenters. The Balaban J connectivity index is 1.80. The Morgan fingerprint density at radius 2 is 1.78 bits per heavy atom. The molecule has 1 aliphatic rings. The molecule has 0 spiro atoms. The van der Waals surface area contributed by atoms with Gasteiger partial charge in [-0.15, -0.1) is 0 Å². The van der Waals surface area contributed by atoms with E-state index in [1.54, 1.807) is 0 Å². The molecule has 5 rings (SSSR count). The Morgan fingerprint density at radius 3 is 2.59 bits per heavy atom. The highest BCUT2D eigenvalue weighted by Crippen LogP contribution is 2.47. The van der Waals surface area contributed by atoms with E-state index < -0.39 is 0 Å². The predicted molar refractivity (Wildman–Crippen MR) is 113 cm³/mol. The van der Waals surface area contributed by atoms with Crippen LogP contribution in [-0.2, 0) is 6.42 Å². The first-order valence-corrected chi connectivity index (χ1v) is 9.64. The van der Waals surface area contributed by atoms with Crippen molar-refractivity contribution in [1.82, 2.24) is 4.98 Å². The zero-order chi connectivity index (χ0) is 18.7.